The van der Waals surface area contributed by atoms with E-state index in [4.69, 9.17) is 9.47 Å². The van der Waals surface area contributed by atoms with Gasteiger partial charge < -0.3 is 19.4 Å². The number of rotatable bonds is 6. The Balaban J connectivity index is 1.58. The Labute approximate surface area is 146 Å². The lowest BCUT2D eigenvalue weighted by Gasteiger charge is -2.11. The van der Waals surface area contributed by atoms with E-state index in [1.54, 1.807) is 25.7 Å². The monoisotopic (exact) mass is 337 g/mol. The van der Waals surface area contributed by atoms with Crippen molar-refractivity contribution < 1.29 is 14.3 Å². The SMILES string of the molecule is COc1cc(C)ccc1OCC(=O)Nc1ccc(-n2ccnc2)cc1. The predicted octanol–water partition coefficient (Wildman–Crippen LogP) is 3.21. The van der Waals surface area contributed by atoms with Gasteiger partial charge in [0.15, 0.2) is 18.1 Å². The number of imidazole rings is 1. The number of aryl methyl sites for hydroxylation is 1. The number of ether oxygens (including phenoxy) is 2. The number of nitrogens with zero attached hydrogens (tertiary/aromatic N) is 2. The van der Waals surface area contributed by atoms with E-state index < -0.39 is 0 Å². The Morgan fingerprint density at radius 3 is 2.64 bits per heavy atom. The van der Waals surface area contributed by atoms with Crippen molar-refractivity contribution in [2.45, 2.75) is 6.92 Å². The van der Waals surface area contributed by atoms with Gasteiger partial charge in [0.1, 0.15) is 0 Å². The largest absolute Gasteiger partial charge is 0.493 e. The number of aromatic nitrogens is 2. The number of anilines is 1. The molecule has 2 aromatic carbocycles. The zero-order chi connectivity index (χ0) is 17.6. The first-order valence-corrected chi connectivity index (χ1v) is 7.81. The molecule has 0 bridgehead atoms. The van der Waals surface area contributed by atoms with Crippen LogP contribution in [0, 0.1) is 6.92 Å². The molecule has 25 heavy (non-hydrogen) atoms. The molecule has 0 aliphatic heterocycles. The number of hydrogen-bond donors (Lipinski definition) is 1. The molecule has 0 spiro atoms. The summed E-state index contributed by atoms with van der Waals surface area (Å²) in [5, 5.41) is 2.80. The third kappa shape index (κ3) is 4.17. The zero-order valence-electron chi connectivity index (χ0n) is 14.1. The molecule has 1 amide bonds. The van der Waals surface area contributed by atoms with Crippen molar-refractivity contribution in [1.82, 2.24) is 9.55 Å². The van der Waals surface area contributed by atoms with Gasteiger partial charge in [0, 0.05) is 23.8 Å². The molecule has 0 aliphatic carbocycles. The van der Waals surface area contributed by atoms with Gasteiger partial charge in [0.25, 0.3) is 5.91 Å². The van der Waals surface area contributed by atoms with Gasteiger partial charge in [-0.05, 0) is 48.9 Å². The van der Waals surface area contributed by atoms with Crippen LogP contribution in [-0.4, -0.2) is 29.2 Å². The van der Waals surface area contributed by atoms with E-state index in [1.165, 1.54) is 0 Å². The maximum Gasteiger partial charge on any atom is 0.262 e. The molecule has 0 fully saturated rings. The van der Waals surface area contributed by atoms with Crippen LogP contribution >= 0.6 is 0 Å². The number of methoxy groups -OCH3 is 1. The standard InChI is InChI=1S/C19H19N3O3/c1-14-3-8-17(18(11-14)24-2)25-12-19(23)21-15-4-6-16(7-5-15)22-10-9-20-13-22/h3-11,13H,12H2,1-2H3,(H,21,23). The molecule has 1 N–H and O–H groups in total. The Bertz CT molecular complexity index is 843. The Morgan fingerprint density at radius 1 is 1.16 bits per heavy atom. The van der Waals surface area contributed by atoms with Crippen molar-refractivity contribution in [3.8, 4) is 17.2 Å². The van der Waals surface area contributed by atoms with E-state index in [0.717, 1.165) is 11.3 Å². The fourth-order valence-corrected chi connectivity index (χ4v) is 2.36. The molecule has 6 heteroatoms. The highest BCUT2D eigenvalue weighted by molar-refractivity contribution is 5.92. The lowest BCUT2D eigenvalue weighted by molar-refractivity contribution is -0.118. The summed E-state index contributed by atoms with van der Waals surface area (Å²) in [5.41, 5.74) is 2.73. The molecule has 1 heterocycles. The molecule has 1 aromatic heterocycles. The van der Waals surface area contributed by atoms with Gasteiger partial charge in [-0.2, -0.15) is 0 Å². The summed E-state index contributed by atoms with van der Waals surface area (Å²) in [5.74, 6) is 0.911. The van der Waals surface area contributed by atoms with E-state index in [-0.39, 0.29) is 12.5 Å². The van der Waals surface area contributed by atoms with Gasteiger partial charge in [-0.15, -0.1) is 0 Å². The van der Waals surface area contributed by atoms with Gasteiger partial charge in [-0.25, -0.2) is 4.98 Å². The van der Waals surface area contributed by atoms with Crippen molar-refractivity contribution in [3.63, 3.8) is 0 Å². The molecule has 3 aromatic rings. The number of carbonyl (C=O) groups excluding carboxylic acids is 1. The normalized spacial score (nSPS) is 10.3. The third-order valence-electron chi connectivity index (χ3n) is 3.63. The van der Waals surface area contributed by atoms with Crippen molar-refractivity contribution in [3.05, 3.63) is 66.7 Å². The van der Waals surface area contributed by atoms with Crippen LogP contribution in [0.25, 0.3) is 5.69 Å². The number of hydrogen-bond acceptors (Lipinski definition) is 4. The summed E-state index contributed by atoms with van der Waals surface area (Å²) in [4.78, 5) is 16.1. The summed E-state index contributed by atoms with van der Waals surface area (Å²) in [6.45, 7) is 1.87. The van der Waals surface area contributed by atoms with Crippen LogP contribution in [0.5, 0.6) is 11.5 Å². The summed E-state index contributed by atoms with van der Waals surface area (Å²) in [6.07, 6.45) is 5.29. The molecule has 0 radical (unpaired) electrons. The zero-order valence-corrected chi connectivity index (χ0v) is 14.1. The van der Waals surface area contributed by atoms with Gasteiger partial charge in [0.05, 0.1) is 13.4 Å². The molecule has 0 unspecified atom stereocenters. The smallest absolute Gasteiger partial charge is 0.262 e. The number of nitrogens with one attached hydrogen (secondary N) is 1. The molecule has 0 saturated heterocycles. The predicted molar refractivity (Wildman–Crippen MR) is 95.4 cm³/mol. The second-order valence-electron chi connectivity index (χ2n) is 5.51. The van der Waals surface area contributed by atoms with Gasteiger partial charge in [0.2, 0.25) is 0 Å². The number of carbonyl (C=O) groups is 1. The van der Waals surface area contributed by atoms with E-state index in [9.17, 15) is 4.79 Å². The van der Waals surface area contributed by atoms with E-state index in [1.807, 2.05) is 54.1 Å². The van der Waals surface area contributed by atoms with E-state index in [0.29, 0.717) is 17.2 Å². The summed E-state index contributed by atoms with van der Waals surface area (Å²) in [6, 6.07) is 13.0. The van der Waals surface area contributed by atoms with Gasteiger partial charge >= 0.3 is 0 Å². The van der Waals surface area contributed by atoms with Crippen LogP contribution in [0.15, 0.2) is 61.2 Å². The topological polar surface area (TPSA) is 65.4 Å². The van der Waals surface area contributed by atoms with Crippen molar-refractivity contribution in [1.29, 1.82) is 0 Å². The van der Waals surface area contributed by atoms with Crippen LogP contribution in [0.1, 0.15) is 5.56 Å². The highest BCUT2D eigenvalue weighted by Crippen LogP contribution is 2.27. The summed E-state index contributed by atoms with van der Waals surface area (Å²) >= 11 is 0. The molecular weight excluding hydrogens is 318 g/mol. The first kappa shape index (κ1) is 16.6. The van der Waals surface area contributed by atoms with Crippen LogP contribution in [0.2, 0.25) is 0 Å². The molecular formula is C19H19N3O3. The lowest BCUT2D eigenvalue weighted by Crippen LogP contribution is -2.20. The van der Waals surface area contributed by atoms with Crippen LogP contribution in [-0.2, 0) is 4.79 Å². The molecule has 6 nitrogen and oxygen atoms in total. The fraction of sp³-hybridized carbons (Fsp3) is 0.158. The molecule has 0 aliphatic rings. The minimum Gasteiger partial charge on any atom is -0.493 e. The number of benzene rings is 2. The Morgan fingerprint density at radius 2 is 1.96 bits per heavy atom. The van der Waals surface area contributed by atoms with Crippen molar-refractivity contribution in [2.24, 2.45) is 0 Å². The molecule has 3 rings (SSSR count). The maximum absolute atomic E-state index is 12.1. The van der Waals surface area contributed by atoms with Gasteiger partial charge in [-0.1, -0.05) is 6.07 Å². The average molecular weight is 337 g/mol. The van der Waals surface area contributed by atoms with Crippen molar-refractivity contribution in [2.75, 3.05) is 19.0 Å². The van der Waals surface area contributed by atoms with Crippen LogP contribution in [0.3, 0.4) is 0 Å². The minimum absolute atomic E-state index is 0.0946. The van der Waals surface area contributed by atoms with E-state index in [2.05, 4.69) is 10.3 Å². The molecule has 128 valence electrons. The summed E-state index contributed by atoms with van der Waals surface area (Å²) in [7, 11) is 1.57. The second-order valence-corrected chi connectivity index (χ2v) is 5.51. The molecule has 0 saturated carbocycles. The first-order chi connectivity index (χ1) is 12.2. The second kappa shape index (κ2) is 7.53. The highest BCUT2D eigenvalue weighted by Gasteiger charge is 2.08. The summed E-state index contributed by atoms with van der Waals surface area (Å²) < 4.78 is 12.7. The Kier molecular flexibility index (Phi) is 4.99. The average Bonchev–Trinajstić information content (AvgIpc) is 3.16. The first-order valence-electron chi connectivity index (χ1n) is 7.81. The lowest BCUT2D eigenvalue weighted by atomic mass is 10.2. The van der Waals surface area contributed by atoms with Crippen LogP contribution < -0.4 is 14.8 Å². The quantitative estimate of drug-likeness (QED) is 0.750. The van der Waals surface area contributed by atoms with Gasteiger partial charge in [-0.3, -0.25) is 4.79 Å². The maximum atomic E-state index is 12.1. The van der Waals surface area contributed by atoms with E-state index >= 15 is 0 Å². The number of amides is 1. The Hall–Kier alpha value is -3.28. The molecule has 0 atom stereocenters. The van der Waals surface area contributed by atoms with Crippen LogP contribution in [0.4, 0.5) is 5.69 Å². The highest BCUT2D eigenvalue weighted by atomic mass is 16.5. The fourth-order valence-electron chi connectivity index (χ4n) is 2.36. The third-order valence-corrected chi connectivity index (χ3v) is 3.63. The minimum atomic E-state index is -0.238. The van der Waals surface area contributed by atoms with Crippen molar-refractivity contribution >= 4 is 11.6 Å².